The molecule has 0 N–H and O–H groups in total. The Morgan fingerprint density at radius 2 is 1.93 bits per heavy atom. The first-order chi connectivity index (χ1) is 13.6. The van der Waals surface area contributed by atoms with Gasteiger partial charge in [-0.15, -0.1) is 10.2 Å². The van der Waals surface area contributed by atoms with E-state index in [9.17, 15) is 4.79 Å². The standard InChI is InChI=1S/C22H24N4O2/c1-15-11-12-18(28-3)21-17(15)10-7-13-26(21)20(27)14-19-23-24-22(25(19)2)16-8-5-4-6-9-16/h4-6,8-9,11-12H,7,10,13-14H2,1-3H3. The highest BCUT2D eigenvalue weighted by Crippen LogP contribution is 2.38. The maximum atomic E-state index is 13.2. The molecule has 144 valence electrons. The van der Waals surface area contributed by atoms with Crippen molar-refractivity contribution < 1.29 is 9.53 Å². The van der Waals surface area contributed by atoms with Gasteiger partial charge in [0.05, 0.1) is 19.2 Å². The first-order valence-electron chi connectivity index (χ1n) is 9.50. The molecule has 3 aromatic rings. The Morgan fingerprint density at radius 1 is 1.14 bits per heavy atom. The summed E-state index contributed by atoms with van der Waals surface area (Å²) in [6, 6.07) is 13.9. The van der Waals surface area contributed by atoms with Crippen LogP contribution in [0.15, 0.2) is 42.5 Å². The molecule has 2 aromatic carbocycles. The second-order valence-corrected chi connectivity index (χ2v) is 7.10. The molecule has 28 heavy (non-hydrogen) atoms. The smallest absolute Gasteiger partial charge is 0.234 e. The van der Waals surface area contributed by atoms with Gasteiger partial charge in [0.15, 0.2) is 5.82 Å². The Balaban J connectivity index is 1.63. The predicted molar refractivity (Wildman–Crippen MR) is 109 cm³/mol. The molecule has 0 atom stereocenters. The van der Waals surface area contributed by atoms with Crippen molar-refractivity contribution in [2.24, 2.45) is 7.05 Å². The van der Waals surface area contributed by atoms with Gasteiger partial charge >= 0.3 is 0 Å². The lowest BCUT2D eigenvalue weighted by atomic mass is 9.96. The van der Waals surface area contributed by atoms with E-state index in [0.29, 0.717) is 12.4 Å². The van der Waals surface area contributed by atoms with Crippen LogP contribution in [0.25, 0.3) is 11.4 Å². The van der Waals surface area contributed by atoms with E-state index < -0.39 is 0 Å². The minimum absolute atomic E-state index is 0.0139. The molecular weight excluding hydrogens is 352 g/mol. The lowest BCUT2D eigenvalue weighted by Crippen LogP contribution is -2.37. The number of benzene rings is 2. The lowest BCUT2D eigenvalue weighted by Gasteiger charge is -2.32. The lowest BCUT2D eigenvalue weighted by molar-refractivity contribution is -0.118. The van der Waals surface area contributed by atoms with E-state index in [2.05, 4.69) is 23.2 Å². The van der Waals surface area contributed by atoms with Gasteiger partial charge in [-0.3, -0.25) is 4.79 Å². The van der Waals surface area contributed by atoms with E-state index in [1.807, 2.05) is 52.9 Å². The molecule has 4 rings (SSSR count). The van der Waals surface area contributed by atoms with Crippen LogP contribution in [0.3, 0.4) is 0 Å². The summed E-state index contributed by atoms with van der Waals surface area (Å²) in [6.45, 7) is 2.77. The minimum Gasteiger partial charge on any atom is -0.495 e. The molecule has 6 nitrogen and oxygen atoms in total. The van der Waals surface area contributed by atoms with Gasteiger partial charge in [-0.25, -0.2) is 0 Å². The van der Waals surface area contributed by atoms with Gasteiger partial charge < -0.3 is 14.2 Å². The molecule has 0 fully saturated rings. The van der Waals surface area contributed by atoms with Crippen LogP contribution in [-0.2, 0) is 24.7 Å². The van der Waals surface area contributed by atoms with E-state index in [4.69, 9.17) is 4.74 Å². The number of amides is 1. The minimum atomic E-state index is 0.0139. The van der Waals surface area contributed by atoms with Crippen LogP contribution in [0, 0.1) is 6.92 Å². The summed E-state index contributed by atoms with van der Waals surface area (Å²) in [5.74, 6) is 2.18. The zero-order valence-corrected chi connectivity index (χ0v) is 16.5. The number of rotatable bonds is 4. The molecule has 0 spiro atoms. The highest BCUT2D eigenvalue weighted by Gasteiger charge is 2.28. The number of carbonyl (C=O) groups is 1. The maximum absolute atomic E-state index is 13.2. The first-order valence-corrected chi connectivity index (χ1v) is 9.50. The fraction of sp³-hybridized carbons (Fsp3) is 0.318. The van der Waals surface area contributed by atoms with E-state index in [1.54, 1.807) is 7.11 Å². The van der Waals surface area contributed by atoms with Crippen molar-refractivity contribution in [1.82, 2.24) is 14.8 Å². The number of aryl methyl sites for hydroxylation is 1. The Morgan fingerprint density at radius 3 is 2.68 bits per heavy atom. The van der Waals surface area contributed by atoms with Gasteiger partial charge in [-0.05, 0) is 37.0 Å². The third-order valence-electron chi connectivity index (χ3n) is 5.39. The van der Waals surface area contributed by atoms with Crippen LogP contribution < -0.4 is 9.64 Å². The molecule has 1 aliphatic heterocycles. The number of hydrogen-bond donors (Lipinski definition) is 0. The molecule has 1 aromatic heterocycles. The number of aromatic nitrogens is 3. The van der Waals surface area contributed by atoms with E-state index in [1.165, 1.54) is 11.1 Å². The number of nitrogens with zero attached hydrogens (tertiary/aromatic N) is 4. The van der Waals surface area contributed by atoms with E-state index in [0.717, 1.165) is 35.7 Å². The molecule has 1 aliphatic rings. The van der Waals surface area contributed by atoms with Crippen molar-refractivity contribution in [3.05, 3.63) is 59.4 Å². The largest absolute Gasteiger partial charge is 0.495 e. The molecule has 0 saturated carbocycles. The van der Waals surface area contributed by atoms with Gasteiger partial charge in [0, 0.05) is 19.2 Å². The summed E-state index contributed by atoms with van der Waals surface area (Å²) < 4.78 is 7.45. The van der Waals surface area contributed by atoms with Crippen LogP contribution >= 0.6 is 0 Å². The number of methoxy groups -OCH3 is 1. The highest BCUT2D eigenvalue weighted by atomic mass is 16.5. The van der Waals surface area contributed by atoms with Crippen LogP contribution in [0.4, 0.5) is 5.69 Å². The van der Waals surface area contributed by atoms with Gasteiger partial charge in [0.2, 0.25) is 5.91 Å². The molecule has 0 unspecified atom stereocenters. The highest BCUT2D eigenvalue weighted by molar-refractivity contribution is 5.97. The zero-order chi connectivity index (χ0) is 19.7. The molecule has 0 aliphatic carbocycles. The van der Waals surface area contributed by atoms with Crippen molar-refractivity contribution in [3.63, 3.8) is 0 Å². The number of carbonyl (C=O) groups excluding carboxylic acids is 1. The SMILES string of the molecule is COc1ccc(C)c2c1N(C(=O)Cc1nnc(-c3ccccc3)n1C)CCC2. The number of fused-ring (bicyclic) bond motifs is 1. The average Bonchev–Trinajstić information content (AvgIpc) is 3.09. The molecule has 2 heterocycles. The summed E-state index contributed by atoms with van der Waals surface area (Å²) >= 11 is 0. The third-order valence-corrected chi connectivity index (χ3v) is 5.39. The average molecular weight is 376 g/mol. The summed E-state index contributed by atoms with van der Waals surface area (Å²) in [6.07, 6.45) is 2.11. The van der Waals surface area contributed by atoms with Crippen molar-refractivity contribution in [1.29, 1.82) is 0 Å². The van der Waals surface area contributed by atoms with E-state index >= 15 is 0 Å². The van der Waals surface area contributed by atoms with Gasteiger partial charge in [-0.2, -0.15) is 0 Å². The summed E-state index contributed by atoms with van der Waals surface area (Å²) in [5.41, 5.74) is 4.28. The van der Waals surface area contributed by atoms with Gasteiger partial charge in [-0.1, -0.05) is 36.4 Å². The fourth-order valence-electron chi connectivity index (χ4n) is 3.85. The summed E-state index contributed by atoms with van der Waals surface area (Å²) in [4.78, 5) is 15.0. The number of anilines is 1. The molecule has 0 radical (unpaired) electrons. The van der Waals surface area contributed by atoms with Crippen molar-refractivity contribution in [3.8, 4) is 17.1 Å². The zero-order valence-electron chi connectivity index (χ0n) is 16.5. The molecule has 0 bridgehead atoms. The van der Waals surface area contributed by atoms with Crippen LogP contribution in [0.5, 0.6) is 5.75 Å². The number of hydrogen-bond acceptors (Lipinski definition) is 4. The van der Waals surface area contributed by atoms with Crippen LogP contribution in [0.2, 0.25) is 0 Å². The van der Waals surface area contributed by atoms with E-state index in [-0.39, 0.29) is 12.3 Å². The summed E-state index contributed by atoms with van der Waals surface area (Å²) in [5, 5.41) is 8.57. The van der Waals surface area contributed by atoms with Gasteiger partial charge in [0.25, 0.3) is 0 Å². The fourth-order valence-corrected chi connectivity index (χ4v) is 3.85. The number of ether oxygens (including phenoxy) is 1. The Hall–Kier alpha value is -3.15. The van der Waals surface area contributed by atoms with Crippen LogP contribution in [-0.4, -0.2) is 34.3 Å². The van der Waals surface area contributed by atoms with Crippen molar-refractivity contribution in [2.75, 3.05) is 18.6 Å². The van der Waals surface area contributed by atoms with Crippen molar-refractivity contribution in [2.45, 2.75) is 26.2 Å². The Bertz CT molecular complexity index is 1010. The second-order valence-electron chi connectivity index (χ2n) is 7.10. The molecular formula is C22H24N4O2. The predicted octanol–water partition coefficient (Wildman–Crippen LogP) is 3.32. The Labute approximate surface area is 164 Å². The molecule has 1 amide bonds. The molecule has 6 heteroatoms. The maximum Gasteiger partial charge on any atom is 0.234 e. The van der Waals surface area contributed by atoms with Gasteiger partial charge in [0.1, 0.15) is 11.6 Å². The molecule has 0 saturated heterocycles. The summed E-state index contributed by atoms with van der Waals surface area (Å²) in [7, 11) is 3.55. The Kier molecular flexibility index (Phi) is 4.86. The quantitative estimate of drug-likeness (QED) is 0.701. The monoisotopic (exact) mass is 376 g/mol. The first kappa shape index (κ1) is 18.2. The van der Waals surface area contributed by atoms with Crippen molar-refractivity contribution >= 4 is 11.6 Å². The topological polar surface area (TPSA) is 60.2 Å². The second kappa shape index (κ2) is 7.46. The normalized spacial score (nSPS) is 13.3. The third kappa shape index (κ3) is 3.15. The van der Waals surface area contributed by atoms with Crippen LogP contribution in [0.1, 0.15) is 23.4 Å².